The second-order valence-electron chi connectivity index (χ2n) is 8.66. The SMILES string of the molecule is Cc1ccccc1C(=O)NCC(c1ccc(C(C)(C)C)cc1)N1CCCC1. The number of rotatable bonds is 5. The molecule has 2 aromatic rings. The Kier molecular flexibility index (Phi) is 6.01. The highest BCUT2D eigenvalue weighted by Gasteiger charge is 2.25. The van der Waals surface area contributed by atoms with Crippen molar-refractivity contribution in [3.8, 4) is 0 Å². The Morgan fingerprint density at radius 3 is 2.26 bits per heavy atom. The first-order valence-corrected chi connectivity index (χ1v) is 10.0. The van der Waals surface area contributed by atoms with E-state index in [1.807, 2.05) is 31.2 Å². The zero-order valence-corrected chi connectivity index (χ0v) is 17.1. The van der Waals surface area contributed by atoms with E-state index in [-0.39, 0.29) is 17.4 Å². The average Bonchev–Trinajstić information content (AvgIpc) is 3.16. The number of hydrogen-bond acceptors (Lipinski definition) is 2. The van der Waals surface area contributed by atoms with Gasteiger partial charge in [0.15, 0.2) is 0 Å². The van der Waals surface area contributed by atoms with Gasteiger partial charge in [-0.25, -0.2) is 0 Å². The Hall–Kier alpha value is -2.13. The van der Waals surface area contributed by atoms with Crippen LogP contribution in [0.1, 0.15) is 66.7 Å². The van der Waals surface area contributed by atoms with E-state index in [0.29, 0.717) is 6.54 Å². The monoisotopic (exact) mass is 364 g/mol. The average molecular weight is 365 g/mol. The first kappa shape index (κ1) is 19.6. The molecule has 27 heavy (non-hydrogen) atoms. The van der Waals surface area contributed by atoms with Crippen molar-refractivity contribution >= 4 is 5.91 Å². The molecule has 0 aliphatic carbocycles. The molecule has 3 rings (SSSR count). The van der Waals surface area contributed by atoms with Gasteiger partial charge in [-0.1, -0.05) is 63.2 Å². The van der Waals surface area contributed by atoms with E-state index in [2.05, 4.69) is 55.3 Å². The van der Waals surface area contributed by atoms with Crippen LogP contribution in [-0.4, -0.2) is 30.4 Å². The highest BCUT2D eigenvalue weighted by Crippen LogP contribution is 2.28. The summed E-state index contributed by atoms with van der Waals surface area (Å²) >= 11 is 0. The summed E-state index contributed by atoms with van der Waals surface area (Å²) in [5.41, 5.74) is 4.56. The van der Waals surface area contributed by atoms with Crippen LogP contribution < -0.4 is 5.32 Å². The Morgan fingerprint density at radius 2 is 1.67 bits per heavy atom. The quantitative estimate of drug-likeness (QED) is 0.822. The predicted molar refractivity (Wildman–Crippen MR) is 112 cm³/mol. The van der Waals surface area contributed by atoms with E-state index >= 15 is 0 Å². The normalized spacial score (nSPS) is 16.3. The molecule has 1 aliphatic heterocycles. The maximum atomic E-state index is 12.7. The molecular formula is C24H32N2O. The van der Waals surface area contributed by atoms with Crippen molar-refractivity contribution in [2.24, 2.45) is 0 Å². The fourth-order valence-electron chi connectivity index (χ4n) is 3.83. The highest BCUT2D eigenvalue weighted by atomic mass is 16.1. The zero-order valence-electron chi connectivity index (χ0n) is 17.1. The van der Waals surface area contributed by atoms with Crippen molar-refractivity contribution in [2.75, 3.05) is 19.6 Å². The van der Waals surface area contributed by atoms with E-state index in [9.17, 15) is 4.79 Å². The zero-order chi connectivity index (χ0) is 19.4. The first-order chi connectivity index (χ1) is 12.9. The molecule has 1 amide bonds. The standard InChI is InChI=1S/C24H32N2O/c1-18-9-5-6-10-21(18)23(27)25-17-22(26-15-7-8-16-26)19-11-13-20(14-12-19)24(2,3)4/h5-6,9-14,22H,7-8,15-17H2,1-4H3,(H,25,27). The maximum absolute atomic E-state index is 12.7. The van der Waals surface area contributed by atoms with Crippen molar-refractivity contribution in [3.63, 3.8) is 0 Å². The van der Waals surface area contributed by atoms with E-state index in [0.717, 1.165) is 24.2 Å². The van der Waals surface area contributed by atoms with Crippen molar-refractivity contribution in [1.29, 1.82) is 0 Å². The summed E-state index contributed by atoms with van der Waals surface area (Å²) in [5.74, 6) is 0.0172. The van der Waals surface area contributed by atoms with Gasteiger partial charge in [0.05, 0.1) is 6.04 Å². The first-order valence-electron chi connectivity index (χ1n) is 10.0. The van der Waals surface area contributed by atoms with Gasteiger partial charge < -0.3 is 5.32 Å². The van der Waals surface area contributed by atoms with Crippen LogP contribution in [0, 0.1) is 6.92 Å². The molecule has 1 unspecified atom stereocenters. The number of nitrogens with zero attached hydrogens (tertiary/aromatic N) is 1. The summed E-state index contributed by atoms with van der Waals surface area (Å²) in [4.78, 5) is 15.2. The van der Waals surface area contributed by atoms with Crippen LogP contribution in [0.15, 0.2) is 48.5 Å². The van der Waals surface area contributed by atoms with E-state index in [4.69, 9.17) is 0 Å². The lowest BCUT2D eigenvalue weighted by molar-refractivity contribution is 0.0937. The Bertz CT molecular complexity index is 768. The molecule has 1 N–H and O–H groups in total. The molecule has 0 bridgehead atoms. The molecule has 1 aliphatic rings. The largest absolute Gasteiger partial charge is 0.350 e. The van der Waals surface area contributed by atoms with Crippen molar-refractivity contribution in [1.82, 2.24) is 10.2 Å². The van der Waals surface area contributed by atoms with Gasteiger partial charge in [0.1, 0.15) is 0 Å². The molecule has 2 aromatic carbocycles. The molecule has 1 atom stereocenters. The second-order valence-corrected chi connectivity index (χ2v) is 8.66. The van der Waals surface area contributed by atoms with Gasteiger partial charge in [-0.3, -0.25) is 9.69 Å². The van der Waals surface area contributed by atoms with Crippen molar-refractivity contribution in [3.05, 3.63) is 70.8 Å². The number of amides is 1. The maximum Gasteiger partial charge on any atom is 0.251 e. The molecule has 3 nitrogen and oxygen atoms in total. The van der Waals surface area contributed by atoms with Crippen LogP contribution in [0.25, 0.3) is 0 Å². The minimum atomic E-state index is 0.0172. The van der Waals surface area contributed by atoms with E-state index in [1.165, 1.54) is 24.0 Å². The lowest BCUT2D eigenvalue weighted by Crippen LogP contribution is -2.37. The van der Waals surface area contributed by atoms with Gasteiger partial charge in [0.25, 0.3) is 5.91 Å². The Morgan fingerprint density at radius 1 is 1.04 bits per heavy atom. The molecule has 1 heterocycles. The minimum absolute atomic E-state index is 0.0172. The number of carbonyl (C=O) groups excluding carboxylic acids is 1. The Labute approximate surface area is 163 Å². The number of nitrogens with one attached hydrogen (secondary N) is 1. The summed E-state index contributed by atoms with van der Waals surface area (Å²) < 4.78 is 0. The van der Waals surface area contributed by atoms with Crippen LogP contribution in [0.2, 0.25) is 0 Å². The van der Waals surface area contributed by atoms with E-state index < -0.39 is 0 Å². The Balaban J connectivity index is 1.76. The lowest BCUT2D eigenvalue weighted by Gasteiger charge is -2.29. The van der Waals surface area contributed by atoms with Crippen LogP contribution >= 0.6 is 0 Å². The third-order valence-corrected chi connectivity index (χ3v) is 5.59. The molecule has 3 heteroatoms. The fraction of sp³-hybridized carbons (Fsp3) is 0.458. The van der Waals surface area contributed by atoms with E-state index in [1.54, 1.807) is 0 Å². The second kappa shape index (κ2) is 8.26. The van der Waals surface area contributed by atoms with Gasteiger partial charge >= 0.3 is 0 Å². The highest BCUT2D eigenvalue weighted by molar-refractivity contribution is 5.95. The number of aryl methyl sites for hydroxylation is 1. The van der Waals surface area contributed by atoms with Gasteiger partial charge in [0, 0.05) is 12.1 Å². The molecule has 0 aromatic heterocycles. The number of hydrogen-bond donors (Lipinski definition) is 1. The molecule has 144 valence electrons. The summed E-state index contributed by atoms with van der Waals surface area (Å²) in [6.07, 6.45) is 2.48. The van der Waals surface area contributed by atoms with Gasteiger partial charge in [-0.15, -0.1) is 0 Å². The van der Waals surface area contributed by atoms with Crippen molar-refractivity contribution in [2.45, 2.75) is 52.0 Å². The summed E-state index contributed by atoms with van der Waals surface area (Å²) in [7, 11) is 0. The van der Waals surface area contributed by atoms with Crippen LogP contribution in [0.5, 0.6) is 0 Å². The molecule has 1 fully saturated rings. The topological polar surface area (TPSA) is 32.3 Å². The lowest BCUT2D eigenvalue weighted by atomic mass is 9.86. The van der Waals surface area contributed by atoms with Gasteiger partial charge in [0.2, 0.25) is 0 Å². The fourth-order valence-corrected chi connectivity index (χ4v) is 3.83. The molecule has 0 radical (unpaired) electrons. The number of benzene rings is 2. The third kappa shape index (κ3) is 4.78. The third-order valence-electron chi connectivity index (χ3n) is 5.59. The smallest absolute Gasteiger partial charge is 0.251 e. The van der Waals surface area contributed by atoms with Gasteiger partial charge in [-0.05, 0) is 61.0 Å². The molecule has 0 saturated carbocycles. The molecular weight excluding hydrogens is 332 g/mol. The van der Waals surface area contributed by atoms with Crippen LogP contribution in [0.3, 0.4) is 0 Å². The van der Waals surface area contributed by atoms with Crippen LogP contribution in [0.4, 0.5) is 0 Å². The van der Waals surface area contributed by atoms with Crippen molar-refractivity contribution < 1.29 is 4.79 Å². The summed E-state index contributed by atoms with van der Waals surface area (Å²) in [6, 6.07) is 17.0. The minimum Gasteiger partial charge on any atom is -0.350 e. The number of carbonyl (C=O) groups is 1. The van der Waals surface area contributed by atoms with Gasteiger partial charge in [-0.2, -0.15) is 0 Å². The summed E-state index contributed by atoms with van der Waals surface area (Å²) in [5, 5.41) is 3.18. The molecule has 0 spiro atoms. The predicted octanol–water partition coefficient (Wildman–Crippen LogP) is 4.86. The molecule has 1 saturated heterocycles. The van der Waals surface area contributed by atoms with Crippen LogP contribution in [-0.2, 0) is 5.41 Å². The number of likely N-dealkylation sites (tertiary alicyclic amines) is 1. The summed E-state index contributed by atoms with van der Waals surface area (Å²) in [6.45, 7) is 11.5.